The van der Waals surface area contributed by atoms with Gasteiger partial charge in [0.1, 0.15) is 23.8 Å². The molecule has 0 aliphatic carbocycles. The van der Waals surface area contributed by atoms with Gasteiger partial charge in [-0.2, -0.15) is 0 Å². The van der Waals surface area contributed by atoms with Crippen LogP contribution < -0.4 is 23.8 Å². The van der Waals surface area contributed by atoms with Crippen molar-refractivity contribution in [2.45, 2.75) is 17.9 Å². The van der Waals surface area contributed by atoms with E-state index in [-0.39, 0.29) is 10.6 Å². The molecule has 0 saturated carbocycles. The summed E-state index contributed by atoms with van der Waals surface area (Å²) in [6.45, 7) is 1.36. The standard InChI is InChI=1S/C25H28N2O6S/c1-18(21-9-5-7-11-23(21)32-3)26-25(28)17-27(22-10-6-8-12-24(22)33-4)34(29,30)20-15-13-19(31-2)14-16-20/h5-16,18H,17H2,1-4H3,(H,26,28)/t18-/m1/s1. The third kappa shape index (κ3) is 5.43. The van der Waals surface area contributed by atoms with Crippen LogP contribution in [0.2, 0.25) is 0 Å². The van der Waals surface area contributed by atoms with Crippen molar-refractivity contribution in [2.75, 3.05) is 32.2 Å². The molecule has 9 heteroatoms. The average Bonchev–Trinajstić information content (AvgIpc) is 2.87. The van der Waals surface area contributed by atoms with Crippen LogP contribution in [-0.4, -0.2) is 42.2 Å². The molecule has 0 bridgehead atoms. The fraction of sp³-hybridized carbons (Fsp3) is 0.240. The zero-order valence-electron chi connectivity index (χ0n) is 19.5. The first kappa shape index (κ1) is 24.9. The van der Waals surface area contributed by atoms with Gasteiger partial charge in [0, 0.05) is 5.56 Å². The van der Waals surface area contributed by atoms with Gasteiger partial charge in [-0.25, -0.2) is 8.42 Å². The molecule has 0 aliphatic heterocycles. The molecule has 0 heterocycles. The first-order chi connectivity index (χ1) is 16.3. The van der Waals surface area contributed by atoms with E-state index in [0.717, 1.165) is 9.87 Å². The molecule has 180 valence electrons. The van der Waals surface area contributed by atoms with Crippen LogP contribution in [0.15, 0.2) is 77.7 Å². The fourth-order valence-corrected chi connectivity index (χ4v) is 4.96. The summed E-state index contributed by atoms with van der Waals surface area (Å²) in [4.78, 5) is 13.1. The third-order valence-corrected chi connectivity index (χ3v) is 7.05. The van der Waals surface area contributed by atoms with Gasteiger partial charge in [0.25, 0.3) is 10.0 Å². The Hall–Kier alpha value is -3.72. The van der Waals surface area contributed by atoms with Gasteiger partial charge in [0.2, 0.25) is 5.91 Å². The van der Waals surface area contributed by atoms with Crippen molar-refractivity contribution in [2.24, 2.45) is 0 Å². The Morgan fingerprint density at radius 1 is 0.853 bits per heavy atom. The van der Waals surface area contributed by atoms with Gasteiger partial charge in [-0.3, -0.25) is 9.10 Å². The summed E-state index contributed by atoms with van der Waals surface area (Å²) in [5.74, 6) is 0.987. The highest BCUT2D eigenvalue weighted by atomic mass is 32.2. The first-order valence-corrected chi connectivity index (χ1v) is 12.0. The minimum atomic E-state index is -4.11. The number of hydrogen-bond acceptors (Lipinski definition) is 6. The summed E-state index contributed by atoms with van der Waals surface area (Å²) in [5.41, 5.74) is 1.03. The Bertz CT molecular complexity index is 1230. The molecule has 1 N–H and O–H groups in total. The number of ether oxygens (including phenoxy) is 3. The summed E-state index contributed by atoms with van der Waals surface area (Å²) >= 11 is 0. The van der Waals surface area contributed by atoms with Gasteiger partial charge in [0.15, 0.2) is 0 Å². The minimum absolute atomic E-state index is 0.0183. The zero-order chi connectivity index (χ0) is 24.7. The number of carbonyl (C=O) groups excluding carboxylic acids is 1. The predicted octanol–water partition coefficient (Wildman–Crippen LogP) is 3.79. The van der Waals surface area contributed by atoms with Crippen LogP contribution in [-0.2, 0) is 14.8 Å². The largest absolute Gasteiger partial charge is 0.497 e. The van der Waals surface area contributed by atoms with Gasteiger partial charge in [-0.15, -0.1) is 0 Å². The van der Waals surface area contributed by atoms with Gasteiger partial charge < -0.3 is 19.5 Å². The molecule has 3 rings (SSSR count). The van der Waals surface area contributed by atoms with E-state index in [1.165, 1.54) is 26.4 Å². The maximum atomic E-state index is 13.6. The molecular formula is C25H28N2O6S. The van der Waals surface area contributed by atoms with Crippen LogP contribution in [0.25, 0.3) is 0 Å². The van der Waals surface area contributed by atoms with Gasteiger partial charge in [0.05, 0.1) is 38.0 Å². The number of rotatable bonds is 10. The third-order valence-electron chi connectivity index (χ3n) is 5.27. The molecule has 3 aromatic rings. The van der Waals surface area contributed by atoms with E-state index in [4.69, 9.17) is 14.2 Å². The molecule has 8 nitrogen and oxygen atoms in total. The number of nitrogens with one attached hydrogen (secondary N) is 1. The molecule has 0 saturated heterocycles. The molecule has 1 atom stereocenters. The molecule has 0 radical (unpaired) electrons. The number of carbonyl (C=O) groups is 1. The Kier molecular flexibility index (Phi) is 8.01. The second kappa shape index (κ2) is 10.9. The molecule has 1 amide bonds. The number of benzene rings is 3. The van der Waals surface area contributed by atoms with Crippen molar-refractivity contribution in [3.63, 3.8) is 0 Å². The van der Waals surface area contributed by atoms with Crippen molar-refractivity contribution in [1.82, 2.24) is 5.32 Å². The fourth-order valence-electron chi connectivity index (χ4n) is 3.53. The van der Waals surface area contributed by atoms with Crippen molar-refractivity contribution in [3.05, 3.63) is 78.4 Å². The highest BCUT2D eigenvalue weighted by Gasteiger charge is 2.30. The molecule has 0 spiro atoms. The number of amides is 1. The van der Waals surface area contributed by atoms with Crippen LogP contribution in [0.5, 0.6) is 17.2 Å². The van der Waals surface area contributed by atoms with E-state index >= 15 is 0 Å². The Labute approximate surface area is 200 Å². The van der Waals surface area contributed by atoms with E-state index in [1.54, 1.807) is 56.5 Å². The highest BCUT2D eigenvalue weighted by molar-refractivity contribution is 7.92. The summed E-state index contributed by atoms with van der Waals surface area (Å²) in [7, 11) is 0.389. The lowest BCUT2D eigenvalue weighted by molar-refractivity contribution is -0.120. The molecule has 0 aromatic heterocycles. The Balaban J connectivity index is 1.95. The number of hydrogen-bond donors (Lipinski definition) is 1. The number of sulfonamides is 1. The lowest BCUT2D eigenvalue weighted by Gasteiger charge is -2.26. The minimum Gasteiger partial charge on any atom is -0.497 e. The second-order valence-electron chi connectivity index (χ2n) is 7.39. The normalized spacial score (nSPS) is 11.9. The predicted molar refractivity (Wildman–Crippen MR) is 130 cm³/mol. The maximum Gasteiger partial charge on any atom is 0.264 e. The lowest BCUT2D eigenvalue weighted by Crippen LogP contribution is -2.41. The Morgan fingerprint density at radius 3 is 2.06 bits per heavy atom. The van der Waals surface area contributed by atoms with Crippen LogP contribution in [0.3, 0.4) is 0 Å². The topological polar surface area (TPSA) is 94.2 Å². The molecule has 0 aliphatic rings. The van der Waals surface area contributed by atoms with Gasteiger partial charge in [-0.05, 0) is 49.4 Å². The number of anilines is 1. The molecule has 3 aromatic carbocycles. The molecule has 0 unspecified atom stereocenters. The maximum absolute atomic E-state index is 13.6. The first-order valence-electron chi connectivity index (χ1n) is 10.5. The number of nitrogens with zero attached hydrogens (tertiary/aromatic N) is 1. The van der Waals surface area contributed by atoms with E-state index < -0.39 is 28.5 Å². The molecule has 0 fully saturated rings. The number of methoxy groups -OCH3 is 3. The van der Waals surface area contributed by atoms with Crippen molar-refractivity contribution < 1.29 is 27.4 Å². The summed E-state index contributed by atoms with van der Waals surface area (Å²) in [6, 6.07) is 19.5. The highest BCUT2D eigenvalue weighted by Crippen LogP contribution is 2.33. The SMILES string of the molecule is COc1ccc(S(=O)(=O)N(CC(=O)N[C@H](C)c2ccccc2OC)c2ccccc2OC)cc1. The summed E-state index contributed by atoms with van der Waals surface area (Å²) in [5, 5.41) is 2.86. The van der Waals surface area contributed by atoms with Crippen LogP contribution in [0.1, 0.15) is 18.5 Å². The van der Waals surface area contributed by atoms with Crippen molar-refractivity contribution in [1.29, 1.82) is 0 Å². The summed E-state index contributed by atoms with van der Waals surface area (Å²) in [6.07, 6.45) is 0. The van der Waals surface area contributed by atoms with Crippen molar-refractivity contribution in [3.8, 4) is 17.2 Å². The van der Waals surface area contributed by atoms with E-state index in [9.17, 15) is 13.2 Å². The molecule has 34 heavy (non-hydrogen) atoms. The lowest BCUT2D eigenvalue weighted by atomic mass is 10.1. The van der Waals surface area contributed by atoms with Gasteiger partial charge in [-0.1, -0.05) is 30.3 Å². The van der Waals surface area contributed by atoms with Crippen LogP contribution in [0, 0.1) is 0 Å². The second-order valence-corrected chi connectivity index (χ2v) is 9.25. The van der Waals surface area contributed by atoms with Crippen LogP contribution in [0.4, 0.5) is 5.69 Å². The van der Waals surface area contributed by atoms with Crippen molar-refractivity contribution >= 4 is 21.6 Å². The van der Waals surface area contributed by atoms with E-state index in [1.807, 2.05) is 18.2 Å². The quantitative estimate of drug-likeness (QED) is 0.471. The Morgan fingerprint density at radius 2 is 1.44 bits per heavy atom. The van der Waals surface area contributed by atoms with E-state index in [2.05, 4.69) is 5.32 Å². The average molecular weight is 485 g/mol. The monoisotopic (exact) mass is 484 g/mol. The van der Waals surface area contributed by atoms with Crippen LogP contribution >= 0.6 is 0 Å². The summed E-state index contributed by atoms with van der Waals surface area (Å²) < 4.78 is 44.2. The zero-order valence-corrected chi connectivity index (χ0v) is 20.3. The van der Waals surface area contributed by atoms with Gasteiger partial charge >= 0.3 is 0 Å². The number of para-hydroxylation sites is 3. The smallest absolute Gasteiger partial charge is 0.264 e. The molecular weight excluding hydrogens is 456 g/mol. The van der Waals surface area contributed by atoms with E-state index in [0.29, 0.717) is 17.2 Å².